The van der Waals surface area contributed by atoms with E-state index in [-0.39, 0.29) is 17.6 Å². The molecule has 5 rings (SSSR count). The molecule has 0 spiro atoms. The number of fused-ring (bicyclic) bond motifs is 1. The number of aryl methyl sites for hydroxylation is 1. The van der Waals surface area contributed by atoms with Crippen molar-refractivity contribution in [3.8, 4) is 0 Å². The Bertz CT molecular complexity index is 1460. The number of anilines is 2. The number of carbonyl (C=O) groups is 3. The molecule has 1 fully saturated rings. The number of amides is 3. The fourth-order valence-corrected chi connectivity index (χ4v) is 4.81. The number of likely N-dealkylation sites (tertiary alicyclic amines) is 1. The fourth-order valence-electron chi connectivity index (χ4n) is 4.50. The highest BCUT2D eigenvalue weighted by atomic mass is 79.9. The first-order chi connectivity index (χ1) is 17.9. The van der Waals surface area contributed by atoms with Gasteiger partial charge in [0.25, 0.3) is 11.8 Å². The number of halogens is 1. The molecule has 10 heteroatoms. The quantitative estimate of drug-likeness (QED) is 0.327. The van der Waals surface area contributed by atoms with Crippen LogP contribution in [0, 0.1) is 0 Å². The molecule has 37 heavy (non-hydrogen) atoms. The molecular weight excluding hydrogens is 538 g/mol. The molecular formula is C27H26BrN5O4. The van der Waals surface area contributed by atoms with E-state index >= 15 is 0 Å². The van der Waals surface area contributed by atoms with Crippen LogP contribution in [0.25, 0.3) is 11.0 Å². The summed E-state index contributed by atoms with van der Waals surface area (Å²) in [6.07, 6.45) is 2.21. The molecule has 0 aliphatic carbocycles. The summed E-state index contributed by atoms with van der Waals surface area (Å²) in [5.41, 5.74) is 2.72. The van der Waals surface area contributed by atoms with E-state index in [2.05, 4.69) is 26.2 Å². The maximum absolute atomic E-state index is 12.9. The van der Waals surface area contributed by atoms with E-state index in [0.717, 1.165) is 18.5 Å². The van der Waals surface area contributed by atoms with E-state index in [0.29, 0.717) is 53.3 Å². The Labute approximate surface area is 222 Å². The van der Waals surface area contributed by atoms with Crippen molar-refractivity contribution in [3.05, 3.63) is 76.7 Å². The van der Waals surface area contributed by atoms with Gasteiger partial charge in [-0.05, 0) is 71.2 Å². The van der Waals surface area contributed by atoms with Crippen molar-refractivity contribution in [3.63, 3.8) is 0 Å². The largest absolute Gasteiger partial charge is 0.444 e. The normalized spacial score (nSPS) is 13.4. The van der Waals surface area contributed by atoms with Crippen LogP contribution in [-0.2, 0) is 11.3 Å². The summed E-state index contributed by atoms with van der Waals surface area (Å²) in [5, 5.41) is 2.85. The predicted octanol–water partition coefficient (Wildman–Crippen LogP) is 4.93. The molecule has 190 valence electrons. The Morgan fingerprint density at radius 1 is 1.11 bits per heavy atom. The van der Waals surface area contributed by atoms with Crippen molar-refractivity contribution >= 4 is 56.3 Å². The van der Waals surface area contributed by atoms with Gasteiger partial charge < -0.3 is 18.8 Å². The standard InChI is InChI=1S/C27H26BrN5O4/c1-31(26(36)18-7-3-2-4-8-18)19-10-11-21-20(17-19)29-27(30-25(35)22-12-13-23(28)37-22)33(21)16-6-15-32-14-5-9-24(32)34/h2-4,7-8,10-13,17H,5-6,9,14-16H2,1H3,(H,29,30,35). The average molecular weight is 564 g/mol. The van der Waals surface area contributed by atoms with Gasteiger partial charge in [0.05, 0.1) is 11.0 Å². The number of furan rings is 1. The number of aromatic nitrogens is 2. The Balaban J connectivity index is 1.43. The Hall–Kier alpha value is -3.92. The van der Waals surface area contributed by atoms with Gasteiger partial charge in [0.2, 0.25) is 11.9 Å². The molecule has 4 aromatic rings. The molecule has 0 radical (unpaired) electrons. The second-order valence-corrected chi connectivity index (χ2v) is 9.67. The van der Waals surface area contributed by atoms with Gasteiger partial charge in [0, 0.05) is 44.4 Å². The lowest BCUT2D eigenvalue weighted by Crippen LogP contribution is -2.26. The number of carbonyl (C=O) groups excluding carboxylic acids is 3. The van der Waals surface area contributed by atoms with Gasteiger partial charge in [-0.3, -0.25) is 19.7 Å². The minimum atomic E-state index is -0.423. The monoisotopic (exact) mass is 563 g/mol. The summed E-state index contributed by atoms with van der Waals surface area (Å²) in [5.74, 6) is 0.153. The van der Waals surface area contributed by atoms with Gasteiger partial charge in [-0.25, -0.2) is 4.98 Å². The second-order valence-electron chi connectivity index (χ2n) is 8.89. The van der Waals surface area contributed by atoms with Gasteiger partial charge in [-0.1, -0.05) is 18.2 Å². The van der Waals surface area contributed by atoms with Crippen molar-refractivity contribution in [2.45, 2.75) is 25.8 Å². The number of nitrogens with one attached hydrogen (secondary N) is 1. The minimum absolute atomic E-state index is 0.133. The zero-order chi connectivity index (χ0) is 25.9. The third-order valence-corrected chi connectivity index (χ3v) is 6.87. The highest BCUT2D eigenvalue weighted by molar-refractivity contribution is 9.10. The molecule has 9 nitrogen and oxygen atoms in total. The molecule has 2 aromatic heterocycles. The van der Waals surface area contributed by atoms with Crippen LogP contribution >= 0.6 is 15.9 Å². The minimum Gasteiger partial charge on any atom is -0.444 e. The summed E-state index contributed by atoms with van der Waals surface area (Å²) >= 11 is 3.22. The smallest absolute Gasteiger partial charge is 0.293 e. The van der Waals surface area contributed by atoms with Crippen LogP contribution in [0.2, 0.25) is 0 Å². The van der Waals surface area contributed by atoms with Crippen LogP contribution in [-0.4, -0.2) is 52.3 Å². The SMILES string of the molecule is CN(C(=O)c1ccccc1)c1ccc2c(c1)nc(NC(=O)c1ccc(Br)o1)n2CCCN1CCCC1=O. The van der Waals surface area contributed by atoms with E-state index in [1.807, 2.05) is 45.9 Å². The third kappa shape index (κ3) is 5.29. The summed E-state index contributed by atoms with van der Waals surface area (Å²) in [7, 11) is 1.72. The molecule has 0 atom stereocenters. The fraction of sp³-hybridized carbons (Fsp3) is 0.259. The van der Waals surface area contributed by atoms with Crippen LogP contribution in [0.4, 0.5) is 11.6 Å². The summed E-state index contributed by atoms with van der Waals surface area (Å²) in [6, 6.07) is 17.9. The lowest BCUT2D eigenvalue weighted by Gasteiger charge is -2.18. The lowest BCUT2D eigenvalue weighted by molar-refractivity contribution is -0.127. The number of hydrogen-bond donors (Lipinski definition) is 1. The van der Waals surface area contributed by atoms with Gasteiger partial charge in [-0.2, -0.15) is 0 Å². The molecule has 3 amide bonds. The van der Waals surface area contributed by atoms with Crippen molar-refractivity contribution in [1.29, 1.82) is 0 Å². The highest BCUT2D eigenvalue weighted by Gasteiger charge is 2.21. The van der Waals surface area contributed by atoms with Crippen LogP contribution < -0.4 is 10.2 Å². The van der Waals surface area contributed by atoms with Crippen LogP contribution in [0.1, 0.15) is 40.2 Å². The van der Waals surface area contributed by atoms with Gasteiger partial charge in [0.15, 0.2) is 10.4 Å². The van der Waals surface area contributed by atoms with Crippen molar-refractivity contribution in [1.82, 2.24) is 14.5 Å². The molecule has 1 N–H and O–H groups in total. The molecule has 1 saturated heterocycles. The van der Waals surface area contributed by atoms with Gasteiger partial charge >= 0.3 is 0 Å². The van der Waals surface area contributed by atoms with Crippen molar-refractivity contribution in [2.24, 2.45) is 0 Å². The molecule has 3 heterocycles. The van der Waals surface area contributed by atoms with Gasteiger partial charge in [-0.15, -0.1) is 0 Å². The van der Waals surface area contributed by atoms with Gasteiger partial charge in [0.1, 0.15) is 0 Å². The summed E-state index contributed by atoms with van der Waals surface area (Å²) < 4.78 is 7.77. The number of hydrogen-bond acceptors (Lipinski definition) is 5. The van der Waals surface area contributed by atoms with Crippen molar-refractivity contribution < 1.29 is 18.8 Å². The number of rotatable bonds is 8. The molecule has 2 aromatic carbocycles. The first kappa shape index (κ1) is 24.8. The van der Waals surface area contributed by atoms with Crippen molar-refractivity contribution in [2.75, 3.05) is 30.4 Å². The maximum Gasteiger partial charge on any atom is 0.293 e. The third-order valence-electron chi connectivity index (χ3n) is 6.45. The van der Waals surface area contributed by atoms with E-state index < -0.39 is 5.91 Å². The first-order valence-corrected chi connectivity index (χ1v) is 12.9. The van der Waals surface area contributed by atoms with Crippen LogP contribution in [0.5, 0.6) is 0 Å². The summed E-state index contributed by atoms with van der Waals surface area (Å²) in [6.45, 7) is 1.98. The van der Waals surface area contributed by atoms with E-state index in [4.69, 9.17) is 4.42 Å². The number of nitrogens with zero attached hydrogens (tertiary/aromatic N) is 4. The topological polar surface area (TPSA) is 101 Å². The average Bonchev–Trinajstić information content (AvgIpc) is 3.62. The molecule has 1 aliphatic heterocycles. The zero-order valence-corrected chi connectivity index (χ0v) is 21.9. The molecule has 0 saturated carbocycles. The molecule has 0 unspecified atom stereocenters. The zero-order valence-electron chi connectivity index (χ0n) is 20.3. The van der Waals surface area contributed by atoms with Crippen LogP contribution in [0.15, 0.2) is 69.8 Å². The van der Waals surface area contributed by atoms with E-state index in [1.54, 1.807) is 36.2 Å². The number of imidazole rings is 1. The predicted molar refractivity (Wildman–Crippen MR) is 144 cm³/mol. The Morgan fingerprint density at radius 3 is 2.62 bits per heavy atom. The molecule has 0 bridgehead atoms. The van der Waals surface area contributed by atoms with E-state index in [9.17, 15) is 14.4 Å². The maximum atomic E-state index is 12.9. The van der Waals surface area contributed by atoms with Crippen LogP contribution in [0.3, 0.4) is 0 Å². The Kier molecular flexibility index (Phi) is 7.09. The van der Waals surface area contributed by atoms with E-state index in [1.165, 1.54) is 0 Å². The summed E-state index contributed by atoms with van der Waals surface area (Å²) in [4.78, 5) is 45.9. The first-order valence-electron chi connectivity index (χ1n) is 12.1. The second kappa shape index (κ2) is 10.6. The Morgan fingerprint density at radius 2 is 1.92 bits per heavy atom. The highest BCUT2D eigenvalue weighted by Crippen LogP contribution is 2.27. The molecule has 1 aliphatic rings. The number of benzene rings is 2. The lowest BCUT2D eigenvalue weighted by atomic mass is 10.2.